The Bertz CT molecular complexity index is 591. The van der Waals surface area contributed by atoms with Gasteiger partial charge in [-0.2, -0.15) is 5.10 Å². The third-order valence-corrected chi connectivity index (χ3v) is 2.88. The van der Waals surface area contributed by atoms with Crippen LogP contribution < -0.4 is 5.43 Å². The number of rotatable bonds is 3. The van der Waals surface area contributed by atoms with E-state index < -0.39 is 0 Å². The molecule has 0 bridgehead atoms. The minimum absolute atomic E-state index is 0.228. The highest BCUT2D eigenvalue weighted by Gasteiger charge is 2.03. The van der Waals surface area contributed by atoms with Crippen molar-refractivity contribution in [2.45, 2.75) is 6.92 Å². The van der Waals surface area contributed by atoms with E-state index in [1.165, 1.54) is 0 Å². The van der Waals surface area contributed by atoms with Gasteiger partial charge >= 0.3 is 0 Å². The number of hydrazone groups is 1. The smallest absolute Gasteiger partial charge is 0.267 e. The van der Waals surface area contributed by atoms with E-state index in [0.717, 1.165) is 11.3 Å². The molecule has 0 aromatic heterocycles. The summed E-state index contributed by atoms with van der Waals surface area (Å²) >= 11 is 5.81. The van der Waals surface area contributed by atoms with Gasteiger partial charge in [0.15, 0.2) is 0 Å². The Hall–Kier alpha value is -2.13. The number of carbonyl (C=O) groups excluding carboxylic acids is 1. The maximum atomic E-state index is 11.8. The normalized spacial score (nSPS) is 11.2. The van der Waals surface area contributed by atoms with Gasteiger partial charge in [-0.05, 0) is 36.8 Å². The molecule has 1 amide bonds. The van der Waals surface area contributed by atoms with Gasteiger partial charge in [0.05, 0.1) is 5.71 Å². The zero-order chi connectivity index (χ0) is 13.7. The first-order valence-electron chi connectivity index (χ1n) is 5.82. The van der Waals surface area contributed by atoms with E-state index in [1.54, 1.807) is 24.3 Å². The largest absolute Gasteiger partial charge is 0.271 e. The van der Waals surface area contributed by atoms with Gasteiger partial charge in [0.1, 0.15) is 0 Å². The van der Waals surface area contributed by atoms with Crippen LogP contribution in [0.15, 0.2) is 59.7 Å². The Balaban J connectivity index is 2.06. The molecule has 19 heavy (non-hydrogen) atoms. The van der Waals surface area contributed by atoms with Crippen LogP contribution in [0.5, 0.6) is 0 Å². The van der Waals surface area contributed by atoms with Gasteiger partial charge in [0.25, 0.3) is 5.91 Å². The number of nitrogens with zero attached hydrogens (tertiary/aromatic N) is 1. The van der Waals surface area contributed by atoms with Gasteiger partial charge in [-0.3, -0.25) is 4.79 Å². The first-order chi connectivity index (χ1) is 9.16. The fraction of sp³-hybridized carbons (Fsp3) is 0.0667. The first kappa shape index (κ1) is 13.3. The second kappa shape index (κ2) is 6.16. The lowest BCUT2D eigenvalue weighted by Gasteiger charge is -2.03. The van der Waals surface area contributed by atoms with Crippen LogP contribution in [0.25, 0.3) is 0 Å². The third kappa shape index (κ3) is 3.66. The number of halogens is 1. The van der Waals surface area contributed by atoms with Gasteiger partial charge in [-0.25, -0.2) is 5.43 Å². The van der Waals surface area contributed by atoms with Gasteiger partial charge in [-0.1, -0.05) is 41.9 Å². The number of benzene rings is 2. The highest BCUT2D eigenvalue weighted by atomic mass is 35.5. The van der Waals surface area contributed by atoms with Crippen molar-refractivity contribution in [1.29, 1.82) is 0 Å². The summed E-state index contributed by atoms with van der Waals surface area (Å²) in [6, 6.07) is 16.2. The molecule has 0 spiro atoms. The lowest BCUT2D eigenvalue weighted by atomic mass is 10.1. The number of hydrogen-bond acceptors (Lipinski definition) is 2. The molecule has 0 fully saturated rings. The van der Waals surface area contributed by atoms with Crippen molar-refractivity contribution in [1.82, 2.24) is 5.43 Å². The van der Waals surface area contributed by atoms with Crippen molar-refractivity contribution in [3.8, 4) is 0 Å². The van der Waals surface area contributed by atoms with Crippen molar-refractivity contribution in [3.05, 3.63) is 70.7 Å². The van der Waals surface area contributed by atoms with Crippen LogP contribution in [0.2, 0.25) is 5.02 Å². The first-order valence-corrected chi connectivity index (χ1v) is 6.20. The third-order valence-electron chi connectivity index (χ3n) is 2.62. The van der Waals surface area contributed by atoms with Crippen molar-refractivity contribution < 1.29 is 4.79 Å². The average molecular weight is 273 g/mol. The second-order valence-corrected chi connectivity index (χ2v) is 4.45. The highest BCUT2D eigenvalue weighted by molar-refractivity contribution is 6.30. The standard InChI is InChI=1S/C15H13ClN2O/c1-11(12-7-9-14(16)10-8-12)17-18-15(19)13-5-3-2-4-6-13/h2-10H,1H3,(H,18,19)/b17-11+. The maximum absolute atomic E-state index is 11.8. The fourth-order valence-electron chi connectivity index (χ4n) is 1.54. The van der Waals surface area contributed by atoms with Crippen LogP contribution in [-0.2, 0) is 0 Å². The zero-order valence-electron chi connectivity index (χ0n) is 10.4. The molecular weight excluding hydrogens is 260 g/mol. The Morgan fingerprint density at radius 3 is 2.26 bits per heavy atom. The molecule has 0 unspecified atom stereocenters. The summed E-state index contributed by atoms with van der Waals surface area (Å²) in [6.07, 6.45) is 0. The molecule has 0 radical (unpaired) electrons. The molecule has 96 valence electrons. The summed E-state index contributed by atoms with van der Waals surface area (Å²) in [7, 11) is 0. The Kier molecular flexibility index (Phi) is 4.31. The summed E-state index contributed by atoms with van der Waals surface area (Å²) in [6.45, 7) is 1.83. The number of nitrogens with one attached hydrogen (secondary N) is 1. The van der Waals surface area contributed by atoms with Gasteiger partial charge in [0.2, 0.25) is 0 Å². The monoisotopic (exact) mass is 272 g/mol. The minimum atomic E-state index is -0.228. The maximum Gasteiger partial charge on any atom is 0.271 e. The lowest BCUT2D eigenvalue weighted by Crippen LogP contribution is -2.19. The summed E-state index contributed by atoms with van der Waals surface area (Å²) in [5.41, 5.74) is 4.74. The topological polar surface area (TPSA) is 41.5 Å². The molecule has 1 N–H and O–H groups in total. The molecule has 4 heteroatoms. The van der Waals surface area contributed by atoms with E-state index in [2.05, 4.69) is 10.5 Å². The molecular formula is C15H13ClN2O. The predicted molar refractivity (Wildman–Crippen MR) is 77.6 cm³/mol. The molecule has 0 heterocycles. The van der Waals surface area contributed by atoms with Crippen molar-refractivity contribution in [2.24, 2.45) is 5.10 Å². The molecule has 0 saturated heterocycles. The van der Waals surface area contributed by atoms with Crippen molar-refractivity contribution in [3.63, 3.8) is 0 Å². The predicted octanol–water partition coefficient (Wildman–Crippen LogP) is 3.49. The highest BCUT2D eigenvalue weighted by Crippen LogP contribution is 2.10. The molecule has 3 nitrogen and oxygen atoms in total. The van der Waals surface area contributed by atoms with E-state index in [0.29, 0.717) is 10.6 Å². The molecule has 2 rings (SSSR count). The fourth-order valence-corrected chi connectivity index (χ4v) is 1.67. The van der Waals surface area contributed by atoms with E-state index in [1.807, 2.05) is 37.3 Å². The molecule has 0 aliphatic heterocycles. The molecule has 2 aromatic carbocycles. The lowest BCUT2D eigenvalue weighted by molar-refractivity contribution is 0.0955. The van der Waals surface area contributed by atoms with Crippen LogP contribution in [-0.4, -0.2) is 11.6 Å². The van der Waals surface area contributed by atoms with E-state index in [-0.39, 0.29) is 5.91 Å². The Labute approximate surface area is 116 Å². The Morgan fingerprint density at radius 1 is 1.00 bits per heavy atom. The number of hydrogen-bond donors (Lipinski definition) is 1. The van der Waals surface area contributed by atoms with Gasteiger partial charge < -0.3 is 0 Å². The van der Waals surface area contributed by atoms with Crippen LogP contribution in [0, 0.1) is 0 Å². The summed E-state index contributed by atoms with van der Waals surface area (Å²) in [5.74, 6) is -0.228. The number of carbonyl (C=O) groups is 1. The summed E-state index contributed by atoms with van der Waals surface area (Å²) < 4.78 is 0. The molecule has 0 aliphatic carbocycles. The zero-order valence-corrected chi connectivity index (χ0v) is 11.2. The van der Waals surface area contributed by atoms with E-state index >= 15 is 0 Å². The van der Waals surface area contributed by atoms with Crippen LogP contribution in [0.4, 0.5) is 0 Å². The summed E-state index contributed by atoms with van der Waals surface area (Å²) in [5, 5.41) is 4.75. The molecule has 2 aromatic rings. The molecule has 0 atom stereocenters. The van der Waals surface area contributed by atoms with E-state index in [4.69, 9.17) is 11.6 Å². The second-order valence-electron chi connectivity index (χ2n) is 4.01. The number of amides is 1. The SMILES string of the molecule is C/C(=N\NC(=O)c1ccccc1)c1ccc(Cl)cc1. The van der Waals surface area contributed by atoms with Gasteiger partial charge in [-0.15, -0.1) is 0 Å². The van der Waals surface area contributed by atoms with Gasteiger partial charge in [0, 0.05) is 10.6 Å². The minimum Gasteiger partial charge on any atom is -0.267 e. The van der Waals surface area contributed by atoms with Crippen molar-refractivity contribution >= 4 is 23.2 Å². The summed E-state index contributed by atoms with van der Waals surface area (Å²) in [4.78, 5) is 11.8. The Morgan fingerprint density at radius 2 is 1.63 bits per heavy atom. The van der Waals surface area contributed by atoms with Crippen LogP contribution >= 0.6 is 11.6 Å². The quantitative estimate of drug-likeness (QED) is 0.674. The van der Waals surface area contributed by atoms with Crippen molar-refractivity contribution in [2.75, 3.05) is 0 Å². The molecule has 0 aliphatic rings. The van der Waals surface area contributed by atoms with Crippen LogP contribution in [0.1, 0.15) is 22.8 Å². The van der Waals surface area contributed by atoms with Crippen LogP contribution in [0.3, 0.4) is 0 Å². The average Bonchev–Trinajstić information content (AvgIpc) is 2.46. The van der Waals surface area contributed by atoms with E-state index in [9.17, 15) is 4.79 Å². The molecule has 0 saturated carbocycles.